The van der Waals surface area contributed by atoms with Gasteiger partial charge in [-0.15, -0.1) is 0 Å². The first kappa shape index (κ1) is 14.1. The summed E-state index contributed by atoms with van der Waals surface area (Å²) in [6.45, 7) is 3.38. The molecule has 0 aromatic heterocycles. The van der Waals surface area contributed by atoms with Gasteiger partial charge >= 0.3 is 0 Å². The second-order valence-electron chi connectivity index (χ2n) is 5.88. The molecule has 1 atom stereocenters. The van der Waals surface area contributed by atoms with Gasteiger partial charge in [0.1, 0.15) is 17.2 Å². The van der Waals surface area contributed by atoms with Gasteiger partial charge in [0.15, 0.2) is 0 Å². The van der Waals surface area contributed by atoms with Crippen molar-refractivity contribution in [1.29, 1.82) is 0 Å². The Labute approximate surface area is 124 Å². The highest BCUT2D eigenvalue weighted by Gasteiger charge is 2.28. The van der Waals surface area contributed by atoms with Crippen molar-refractivity contribution in [1.82, 2.24) is 0 Å². The Morgan fingerprint density at radius 3 is 2.52 bits per heavy atom. The van der Waals surface area contributed by atoms with Crippen LogP contribution in [0.15, 0.2) is 42.5 Å². The first-order chi connectivity index (χ1) is 9.96. The summed E-state index contributed by atoms with van der Waals surface area (Å²) in [5.41, 5.74) is 0.552. The van der Waals surface area contributed by atoms with Gasteiger partial charge in [-0.2, -0.15) is 0 Å². The van der Waals surface area contributed by atoms with Gasteiger partial charge in [0.05, 0.1) is 6.10 Å². The summed E-state index contributed by atoms with van der Waals surface area (Å²) in [5.74, 6) is 0.445. The zero-order valence-corrected chi connectivity index (χ0v) is 12.3. The number of hydrogen-bond donors (Lipinski definition) is 1. The molecule has 3 heteroatoms. The summed E-state index contributed by atoms with van der Waals surface area (Å²) in [6.07, 6.45) is 2.48. The molecule has 1 aliphatic rings. The first-order valence-corrected chi connectivity index (χ1v) is 7.23. The minimum Gasteiger partial charge on any atom is -0.490 e. The van der Waals surface area contributed by atoms with E-state index in [1.165, 1.54) is 6.07 Å². The second-order valence-corrected chi connectivity index (χ2v) is 5.88. The van der Waals surface area contributed by atoms with Gasteiger partial charge in [0.2, 0.25) is 0 Å². The molecule has 0 spiro atoms. The third-order valence-corrected chi connectivity index (χ3v) is 3.96. The molecular formula is C18H19FO2. The molecule has 2 aromatic carbocycles. The molecule has 21 heavy (non-hydrogen) atoms. The zero-order chi connectivity index (χ0) is 15.0. The number of rotatable bonds is 4. The van der Waals surface area contributed by atoms with E-state index < -0.39 is 5.60 Å². The van der Waals surface area contributed by atoms with Crippen LogP contribution in [0.5, 0.6) is 5.75 Å². The Balaban J connectivity index is 1.94. The number of ether oxygens (including phenoxy) is 1. The quantitative estimate of drug-likeness (QED) is 0.922. The Morgan fingerprint density at radius 2 is 1.86 bits per heavy atom. The summed E-state index contributed by atoms with van der Waals surface area (Å²) < 4.78 is 19.5. The molecule has 0 aliphatic heterocycles. The molecule has 2 aromatic rings. The minimum absolute atomic E-state index is 0.307. The van der Waals surface area contributed by atoms with Crippen LogP contribution in [-0.2, 0) is 5.60 Å². The van der Waals surface area contributed by atoms with E-state index in [0.717, 1.165) is 18.6 Å². The fourth-order valence-electron chi connectivity index (χ4n) is 2.31. The van der Waals surface area contributed by atoms with E-state index in [0.29, 0.717) is 22.8 Å². The van der Waals surface area contributed by atoms with E-state index in [-0.39, 0.29) is 5.82 Å². The van der Waals surface area contributed by atoms with Gasteiger partial charge < -0.3 is 9.84 Å². The average Bonchev–Trinajstić information content (AvgIpc) is 3.26. The largest absolute Gasteiger partial charge is 0.490 e. The normalized spacial score (nSPS) is 17.3. The molecule has 1 fully saturated rings. The van der Waals surface area contributed by atoms with E-state index in [1.54, 1.807) is 26.0 Å². The van der Waals surface area contributed by atoms with Gasteiger partial charge in [-0.3, -0.25) is 0 Å². The molecule has 0 bridgehead atoms. The van der Waals surface area contributed by atoms with Crippen molar-refractivity contribution in [3.8, 4) is 5.75 Å². The molecule has 0 amide bonds. The molecule has 110 valence electrons. The lowest BCUT2D eigenvalue weighted by Crippen LogP contribution is -2.23. The van der Waals surface area contributed by atoms with E-state index in [4.69, 9.17) is 4.74 Å². The van der Waals surface area contributed by atoms with Crippen LogP contribution in [0.25, 0.3) is 0 Å². The summed E-state index contributed by atoms with van der Waals surface area (Å²) in [7, 11) is 0. The molecular weight excluding hydrogens is 267 g/mol. The topological polar surface area (TPSA) is 29.5 Å². The van der Waals surface area contributed by atoms with Gasteiger partial charge in [-0.25, -0.2) is 4.39 Å². The van der Waals surface area contributed by atoms with Crippen molar-refractivity contribution in [2.24, 2.45) is 0 Å². The lowest BCUT2D eigenvalue weighted by molar-refractivity contribution is 0.101. The van der Waals surface area contributed by atoms with Gasteiger partial charge in [0, 0.05) is 0 Å². The van der Waals surface area contributed by atoms with Crippen molar-refractivity contribution in [2.75, 3.05) is 0 Å². The zero-order valence-electron chi connectivity index (χ0n) is 12.3. The van der Waals surface area contributed by atoms with E-state index in [2.05, 4.69) is 0 Å². The van der Waals surface area contributed by atoms with Crippen molar-refractivity contribution in [2.45, 2.75) is 38.4 Å². The molecule has 0 heterocycles. The standard InChI is InChI=1S/C18H19FO2/c1-12-6-7-14(11-17(12)19)18(2,20)13-4-3-5-16(10-13)21-15-8-9-15/h3-7,10-11,15,20H,8-9H2,1-2H3. The number of hydrogen-bond acceptors (Lipinski definition) is 2. The number of aliphatic hydroxyl groups is 1. The number of halogens is 1. The lowest BCUT2D eigenvalue weighted by atomic mass is 9.87. The van der Waals surface area contributed by atoms with Gasteiger partial charge in [-0.1, -0.05) is 24.3 Å². The summed E-state index contributed by atoms with van der Waals surface area (Å²) in [6, 6.07) is 12.2. The molecule has 1 aliphatic carbocycles. The maximum absolute atomic E-state index is 13.7. The van der Waals surface area contributed by atoms with Gasteiger partial charge in [-0.05, 0) is 61.6 Å². The Morgan fingerprint density at radius 1 is 1.14 bits per heavy atom. The second kappa shape index (κ2) is 5.15. The molecule has 1 unspecified atom stereocenters. The van der Waals surface area contributed by atoms with Crippen LogP contribution in [0.1, 0.15) is 36.5 Å². The highest BCUT2D eigenvalue weighted by molar-refractivity contribution is 5.40. The van der Waals surface area contributed by atoms with Crippen molar-refractivity contribution < 1.29 is 14.2 Å². The monoisotopic (exact) mass is 286 g/mol. The average molecular weight is 286 g/mol. The fraction of sp³-hybridized carbons (Fsp3) is 0.333. The van der Waals surface area contributed by atoms with E-state index >= 15 is 0 Å². The highest BCUT2D eigenvalue weighted by Crippen LogP contribution is 2.33. The maximum Gasteiger partial charge on any atom is 0.126 e. The highest BCUT2D eigenvalue weighted by atomic mass is 19.1. The van der Waals surface area contributed by atoms with Crippen LogP contribution in [0.3, 0.4) is 0 Å². The smallest absolute Gasteiger partial charge is 0.126 e. The predicted octanol–water partition coefficient (Wildman–Crippen LogP) is 3.93. The third-order valence-electron chi connectivity index (χ3n) is 3.96. The molecule has 3 rings (SSSR count). The van der Waals surface area contributed by atoms with Crippen molar-refractivity contribution in [3.63, 3.8) is 0 Å². The number of benzene rings is 2. The minimum atomic E-state index is -1.25. The lowest BCUT2D eigenvalue weighted by Gasteiger charge is -2.25. The molecule has 0 radical (unpaired) electrons. The molecule has 2 nitrogen and oxygen atoms in total. The van der Waals surface area contributed by atoms with Crippen molar-refractivity contribution >= 4 is 0 Å². The Kier molecular flexibility index (Phi) is 3.46. The molecule has 1 saturated carbocycles. The van der Waals surface area contributed by atoms with Crippen LogP contribution in [-0.4, -0.2) is 11.2 Å². The molecule has 0 saturated heterocycles. The maximum atomic E-state index is 13.7. The van der Waals surface area contributed by atoms with E-state index in [9.17, 15) is 9.50 Å². The first-order valence-electron chi connectivity index (χ1n) is 7.23. The SMILES string of the molecule is Cc1ccc(C(C)(O)c2cccc(OC3CC3)c2)cc1F. The van der Waals surface area contributed by atoms with Crippen molar-refractivity contribution in [3.05, 3.63) is 65.0 Å². The summed E-state index contributed by atoms with van der Waals surface area (Å²) in [5, 5.41) is 10.8. The summed E-state index contributed by atoms with van der Waals surface area (Å²) in [4.78, 5) is 0. The Hall–Kier alpha value is -1.87. The van der Waals surface area contributed by atoms with Gasteiger partial charge in [0.25, 0.3) is 0 Å². The van der Waals surface area contributed by atoms with Crippen LogP contribution in [0.4, 0.5) is 4.39 Å². The third kappa shape index (κ3) is 2.93. The van der Waals surface area contributed by atoms with Crippen LogP contribution in [0.2, 0.25) is 0 Å². The fourth-order valence-corrected chi connectivity index (χ4v) is 2.31. The predicted molar refractivity (Wildman–Crippen MR) is 79.9 cm³/mol. The van der Waals surface area contributed by atoms with E-state index in [1.807, 2.05) is 24.3 Å². The Bertz CT molecular complexity index is 660. The number of aryl methyl sites for hydroxylation is 1. The summed E-state index contributed by atoms with van der Waals surface area (Å²) >= 11 is 0. The van der Waals surface area contributed by atoms with Crippen LogP contribution in [0, 0.1) is 12.7 Å². The molecule has 1 N–H and O–H groups in total. The van der Waals surface area contributed by atoms with Crippen LogP contribution >= 0.6 is 0 Å². The van der Waals surface area contributed by atoms with Crippen LogP contribution < -0.4 is 4.74 Å².